The monoisotopic (exact) mass is 359 g/mol. The predicted molar refractivity (Wildman–Crippen MR) is 102 cm³/mol. The second-order valence-electron chi connectivity index (χ2n) is 10.2. The van der Waals surface area contributed by atoms with E-state index in [1.807, 2.05) is 0 Å². The molecule has 0 aromatic rings. The maximum Gasteiger partial charge on any atom is 0.212 e. The number of alkyl halides is 1. The van der Waals surface area contributed by atoms with Crippen molar-refractivity contribution in [2.75, 3.05) is 13.1 Å². The standard InChI is InChI=1S/C23H34FNO/c1-21-11-4-3-7-16(21)8-9-17-18-10-12-23(24,26)22(18,2)15-19(20(17)21)25-13-5-6-14-25/h4,8,11,17-20,26H,3,5-7,9-10,12-15H2,1-2H3/t17-,18-,19?,20-,21-,22-,23?/m0/s1. The third-order valence-corrected chi connectivity index (χ3v) is 9.18. The lowest BCUT2D eigenvalue weighted by Crippen LogP contribution is -2.61. The van der Waals surface area contributed by atoms with Gasteiger partial charge in [-0.05, 0) is 75.8 Å². The van der Waals surface area contributed by atoms with E-state index >= 15 is 4.39 Å². The molecule has 1 heterocycles. The Balaban J connectivity index is 1.62. The third kappa shape index (κ3) is 2.16. The van der Waals surface area contributed by atoms with Gasteiger partial charge in [0.2, 0.25) is 5.85 Å². The second-order valence-corrected chi connectivity index (χ2v) is 10.2. The number of hydrogen-bond donors (Lipinski definition) is 1. The van der Waals surface area contributed by atoms with E-state index in [0.717, 1.165) is 32.4 Å². The summed E-state index contributed by atoms with van der Waals surface area (Å²) in [6, 6.07) is 0.403. The highest BCUT2D eigenvalue weighted by Crippen LogP contribution is 2.67. The van der Waals surface area contributed by atoms with Gasteiger partial charge in [-0.3, -0.25) is 0 Å². The van der Waals surface area contributed by atoms with Crippen LogP contribution in [0.15, 0.2) is 23.8 Å². The molecular weight excluding hydrogens is 325 g/mol. The zero-order valence-corrected chi connectivity index (χ0v) is 16.4. The quantitative estimate of drug-likeness (QED) is 0.677. The first-order valence-corrected chi connectivity index (χ1v) is 10.9. The second kappa shape index (κ2) is 5.67. The minimum Gasteiger partial charge on any atom is -0.361 e. The van der Waals surface area contributed by atoms with Gasteiger partial charge in [-0.15, -0.1) is 0 Å². The molecule has 4 aliphatic carbocycles. The highest BCUT2D eigenvalue weighted by atomic mass is 19.2. The van der Waals surface area contributed by atoms with Crippen LogP contribution < -0.4 is 0 Å². The van der Waals surface area contributed by atoms with Gasteiger partial charge in [0, 0.05) is 23.3 Å². The predicted octanol–water partition coefficient (Wildman–Crippen LogP) is 4.85. The van der Waals surface area contributed by atoms with Crippen molar-refractivity contribution in [2.24, 2.45) is 28.6 Å². The molecule has 5 rings (SSSR count). The van der Waals surface area contributed by atoms with Crippen LogP contribution in [0.3, 0.4) is 0 Å². The lowest BCUT2D eigenvalue weighted by Gasteiger charge is -2.61. The minimum atomic E-state index is -1.99. The smallest absolute Gasteiger partial charge is 0.212 e. The molecule has 3 fully saturated rings. The van der Waals surface area contributed by atoms with E-state index in [0.29, 0.717) is 30.2 Å². The van der Waals surface area contributed by atoms with Crippen molar-refractivity contribution in [1.29, 1.82) is 0 Å². The summed E-state index contributed by atoms with van der Waals surface area (Å²) in [6.45, 7) is 6.81. The van der Waals surface area contributed by atoms with Gasteiger partial charge in [0.25, 0.3) is 0 Å². The van der Waals surface area contributed by atoms with E-state index in [2.05, 4.69) is 37.0 Å². The van der Waals surface area contributed by atoms with E-state index in [9.17, 15) is 5.11 Å². The average Bonchev–Trinajstić information content (AvgIpc) is 3.21. The number of halogens is 1. The summed E-state index contributed by atoms with van der Waals surface area (Å²) in [7, 11) is 0. The normalized spacial score (nSPS) is 53.8. The van der Waals surface area contributed by atoms with E-state index < -0.39 is 11.3 Å². The summed E-state index contributed by atoms with van der Waals surface area (Å²) < 4.78 is 15.3. The molecule has 2 nitrogen and oxygen atoms in total. The molecule has 1 saturated heterocycles. The maximum absolute atomic E-state index is 15.3. The van der Waals surface area contributed by atoms with Gasteiger partial charge in [0.1, 0.15) is 0 Å². The van der Waals surface area contributed by atoms with Crippen molar-refractivity contribution < 1.29 is 9.50 Å². The number of aliphatic hydroxyl groups is 1. The van der Waals surface area contributed by atoms with Gasteiger partial charge in [0.05, 0.1) is 0 Å². The Bertz CT molecular complexity index is 649. The molecule has 0 amide bonds. The topological polar surface area (TPSA) is 23.5 Å². The summed E-state index contributed by atoms with van der Waals surface area (Å²) in [6.07, 6.45) is 15.3. The van der Waals surface area contributed by atoms with Gasteiger partial charge in [0.15, 0.2) is 0 Å². The van der Waals surface area contributed by atoms with Crippen LogP contribution in [0.25, 0.3) is 0 Å². The number of allylic oxidation sites excluding steroid dienone is 4. The molecule has 3 heteroatoms. The number of likely N-dealkylation sites (tertiary alicyclic amines) is 1. The maximum atomic E-state index is 15.3. The van der Waals surface area contributed by atoms with Crippen LogP contribution >= 0.6 is 0 Å². The van der Waals surface area contributed by atoms with Crippen molar-refractivity contribution in [1.82, 2.24) is 4.90 Å². The summed E-state index contributed by atoms with van der Waals surface area (Å²) in [5.74, 6) is -0.607. The fourth-order valence-corrected chi connectivity index (χ4v) is 7.78. The van der Waals surface area contributed by atoms with Gasteiger partial charge in [-0.1, -0.05) is 37.6 Å². The lowest BCUT2D eigenvalue weighted by atomic mass is 9.47. The van der Waals surface area contributed by atoms with E-state index in [1.54, 1.807) is 5.57 Å². The number of nitrogens with zero attached hydrogens (tertiary/aromatic N) is 1. The van der Waals surface area contributed by atoms with Crippen molar-refractivity contribution in [3.63, 3.8) is 0 Å². The molecule has 1 aliphatic heterocycles. The fourth-order valence-electron chi connectivity index (χ4n) is 7.78. The Hall–Kier alpha value is -0.670. The van der Waals surface area contributed by atoms with Crippen LogP contribution in [0.4, 0.5) is 4.39 Å². The first-order valence-electron chi connectivity index (χ1n) is 10.9. The Morgan fingerprint density at radius 1 is 1.23 bits per heavy atom. The Morgan fingerprint density at radius 3 is 2.77 bits per heavy atom. The molecule has 0 aromatic heterocycles. The largest absolute Gasteiger partial charge is 0.361 e. The molecule has 144 valence electrons. The van der Waals surface area contributed by atoms with Crippen molar-refractivity contribution in [3.8, 4) is 0 Å². The summed E-state index contributed by atoms with van der Waals surface area (Å²) in [5.41, 5.74) is 1.18. The molecule has 2 unspecified atom stereocenters. The first-order chi connectivity index (χ1) is 12.4. The van der Waals surface area contributed by atoms with Crippen LogP contribution in [0.2, 0.25) is 0 Å². The molecule has 0 radical (unpaired) electrons. The molecular formula is C23H34FNO. The Labute approximate surface area is 157 Å². The lowest BCUT2D eigenvalue weighted by molar-refractivity contribution is -0.208. The highest BCUT2D eigenvalue weighted by Gasteiger charge is 2.67. The molecule has 0 spiro atoms. The molecule has 1 N–H and O–H groups in total. The molecule has 5 aliphatic rings. The van der Waals surface area contributed by atoms with Gasteiger partial charge in [-0.25, -0.2) is 4.39 Å². The van der Waals surface area contributed by atoms with E-state index in [4.69, 9.17) is 0 Å². The third-order valence-electron chi connectivity index (χ3n) is 9.18. The minimum absolute atomic E-state index is 0.132. The number of rotatable bonds is 1. The van der Waals surface area contributed by atoms with Crippen LogP contribution in [0.1, 0.15) is 65.2 Å². The Morgan fingerprint density at radius 2 is 2.00 bits per heavy atom. The van der Waals surface area contributed by atoms with Gasteiger partial charge < -0.3 is 10.0 Å². The van der Waals surface area contributed by atoms with Crippen LogP contribution in [-0.4, -0.2) is 35.0 Å². The van der Waals surface area contributed by atoms with Crippen molar-refractivity contribution >= 4 is 0 Å². The highest BCUT2D eigenvalue weighted by molar-refractivity contribution is 5.33. The SMILES string of the molecule is C[C@]12C=CCCC1=CC[C@@H]1[C@H]2C(N2CCCC2)C[C@@]2(C)[C@H]1CCC2(O)F. The first kappa shape index (κ1) is 17.4. The van der Waals surface area contributed by atoms with Gasteiger partial charge >= 0.3 is 0 Å². The number of fused-ring (bicyclic) bond motifs is 5. The number of hydrogen-bond acceptors (Lipinski definition) is 2. The van der Waals surface area contributed by atoms with E-state index in [1.165, 1.54) is 25.7 Å². The Kier molecular flexibility index (Phi) is 3.80. The van der Waals surface area contributed by atoms with Crippen LogP contribution in [0.5, 0.6) is 0 Å². The van der Waals surface area contributed by atoms with Crippen molar-refractivity contribution in [2.45, 2.75) is 77.1 Å². The van der Waals surface area contributed by atoms with Crippen molar-refractivity contribution in [3.05, 3.63) is 23.8 Å². The zero-order valence-electron chi connectivity index (χ0n) is 16.4. The molecule has 0 aromatic carbocycles. The summed E-state index contributed by atoms with van der Waals surface area (Å²) >= 11 is 0. The zero-order chi connectivity index (χ0) is 18.2. The molecule has 2 saturated carbocycles. The average molecular weight is 360 g/mol. The molecule has 0 bridgehead atoms. The molecule has 26 heavy (non-hydrogen) atoms. The van der Waals surface area contributed by atoms with Crippen LogP contribution in [-0.2, 0) is 0 Å². The molecule has 7 atom stereocenters. The fraction of sp³-hybridized carbons (Fsp3) is 0.826. The van der Waals surface area contributed by atoms with E-state index in [-0.39, 0.29) is 5.41 Å². The summed E-state index contributed by atoms with van der Waals surface area (Å²) in [5, 5.41) is 10.7. The van der Waals surface area contributed by atoms with Crippen LogP contribution in [0, 0.1) is 28.6 Å². The summed E-state index contributed by atoms with van der Waals surface area (Å²) in [4.78, 5) is 2.66. The van der Waals surface area contributed by atoms with Gasteiger partial charge in [-0.2, -0.15) is 0 Å².